The van der Waals surface area contributed by atoms with Crippen molar-refractivity contribution in [3.8, 4) is 0 Å². The van der Waals surface area contributed by atoms with E-state index in [1.807, 2.05) is 0 Å². The minimum absolute atomic E-state index is 0.209. The van der Waals surface area contributed by atoms with Gasteiger partial charge in [0.05, 0.1) is 30.7 Å². The molecule has 2 heterocycles. The lowest BCUT2D eigenvalue weighted by molar-refractivity contribution is -0.142. The van der Waals surface area contributed by atoms with E-state index in [9.17, 15) is 37.2 Å². The van der Waals surface area contributed by atoms with Crippen LogP contribution in [0.15, 0.2) is 0 Å². The van der Waals surface area contributed by atoms with Crippen LogP contribution in [-0.4, -0.2) is 101 Å². The van der Waals surface area contributed by atoms with Gasteiger partial charge in [0.1, 0.15) is 18.1 Å². The van der Waals surface area contributed by atoms with E-state index in [1.54, 1.807) is 34.6 Å². The van der Waals surface area contributed by atoms with Crippen LogP contribution in [0.25, 0.3) is 0 Å². The molecule has 2 rings (SSSR count). The Labute approximate surface area is 234 Å². The molecule has 2 fully saturated rings. The number of sulfonamides is 1. The third kappa shape index (κ3) is 7.29. The third-order valence-corrected chi connectivity index (χ3v) is 8.46. The van der Waals surface area contributed by atoms with Crippen LogP contribution in [0.3, 0.4) is 0 Å². The van der Waals surface area contributed by atoms with Crippen LogP contribution in [0.4, 0.5) is 0 Å². The first kappa shape index (κ1) is 33.0. The Morgan fingerprint density at radius 3 is 1.98 bits per heavy atom. The van der Waals surface area contributed by atoms with Gasteiger partial charge in [0.2, 0.25) is 39.6 Å². The van der Waals surface area contributed by atoms with Crippen molar-refractivity contribution in [2.45, 2.75) is 91.0 Å². The molecule has 4 N–H and O–H groups in total. The fourth-order valence-corrected chi connectivity index (χ4v) is 6.63. The highest BCUT2D eigenvalue weighted by atomic mass is 32.2. The van der Waals surface area contributed by atoms with Crippen molar-refractivity contribution >= 4 is 45.5 Å². The number of likely N-dealkylation sites (tertiary alicyclic amines) is 1. The number of amides is 5. The lowest BCUT2D eigenvalue weighted by Crippen LogP contribution is -2.60. The van der Waals surface area contributed by atoms with Gasteiger partial charge in [-0.05, 0) is 24.7 Å². The van der Waals surface area contributed by atoms with E-state index < -0.39 is 99.9 Å². The number of rotatable bonds is 12. The number of nitrogens with zero attached hydrogens (tertiary/aromatic N) is 2. The molecule has 15 heteroatoms. The minimum atomic E-state index is -3.84. The van der Waals surface area contributed by atoms with E-state index >= 15 is 0 Å². The highest BCUT2D eigenvalue weighted by molar-refractivity contribution is 7.88. The average molecular weight is 588 g/mol. The van der Waals surface area contributed by atoms with E-state index in [4.69, 9.17) is 5.11 Å². The van der Waals surface area contributed by atoms with Crippen LogP contribution in [0.1, 0.15) is 60.8 Å². The van der Waals surface area contributed by atoms with Crippen molar-refractivity contribution in [2.75, 3.05) is 12.8 Å². The van der Waals surface area contributed by atoms with Crippen molar-refractivity contribution in [1.82, 2.24) is 25.2 Å². The van der Waals surface area contributed by atoms with E-state index in [2.05, 4.69) is 16.0 Å². The summed E-state index contributed by atoms with van der Waals surface area (Å²) >= 11 is 0. The number of carbonyl (C=O) groups is 6. The van der Waals surface area contributed by atoms with Gasteiger partial charge < -0.3 is 26.0 Å². The van der Waals surface area contributed by atoms with Crippen molar-refractivity contribution < 1.29 is 42.3 Å². The molecule has 0 aromatic rings. The molecule has 1 unspecified atom stereocenters. The fourth-order valence-electron chi connectivity index (χ4n) is 5.45. The Balaban J connectivity index is 2.27. The number of carboxylic acid groups (broad SMARTS) is 1. The van der Waals surface area contributed by atoms with Gasteiger partial charge in [-0.2, -0.15) is 0 Å². The summed E-state index contributed by atoms with van der Waals surface area (Å²) in [5.41, 5.74) is 0. The quantitative estimate of drug-likeness (QED) is 0.222. The molecule has 5 amide bonds. The molecule has 0 radical (unpaired) electrons. The zero-order chi connectivity index (χ0) is 30.7. The molecule has 0 aliphatic carbocycles. The van der Waals surface area contributed by atoms with E-state index in [0.29, 0.717) is 6.42 Å². The molecular weight excluding hydrogens is 546 g/mol. The van der Waals surface area contributed by atoms with Gasteiger partial charge in [-0.1, -0.05) is 34.6 Å². The van der Waals surface area contributed by atoms with Crippen molar-refractivity contribution in [3.05, 3.63) is 0 Å². The van der Waals surface area contributed by atoms with E-state index in [-0.39, 0.29) is 13.0 Å². The lowest BCUT2D eigenvalue weighted by atomic mass is 9.94. The third-order valence-electron chi connectivity index (χ3n) is 7.30. The highest BCUT2D eigenvalue weighted by Gasteiger charge is 2.57. The molecule has 14 nitrogen and oxygen atoms in total. The maximum absolute atomic E-state index is 13.8. The van der Waals surface area contributed by atoms with E-state index in [1.165, 1.54) is 4.90 Å². The molecule has 0 saturated carbocycles. The lowest BCUT2D eigenvalue weighted by Gasteiger charge is -2.33. The van der Waals surface area contributed by atoms with Gasteiger partial charge >= 0.3 is 5.97 Å². The molecule has 226 valence electrons. The number of carboxylic acids is 1. The van der Waals surface area contributed by atoms with Gasteiger partial charge in [0, 0.05) is 13.5 Å². The Hall–Kier alpha value is -3.23. The van der Waals surface area contributed by atoms with Crippen LogP contribution in [0.2, 0.25) is 0 Å². The van der Waals surface area contributed by atoms with Crippen molar-refractivity contribution in [2.24, 2.45) is 17.8 Å². The summed E-state index contributed by atoms with van der Waals surface area (Å²) in [5, 5.41) is 16.6. The van der Waals surface area contributed by atoms with Crippen molar-refractivity contribution in [1.29, 1.82) is 0 Å². The topological polar surface area (TPSA) is 199 Å². The molecule has 6 atom stereocenters. The van der Waals surface area contributed by atoms with Crippen LogP contribution in [-0.2, 0) is 38.8 Å². The summed E-state index contributed by atoms with van der Waals surface area (Å²) in [4.78, 5) is 77.0. The SMILES string of the molecule is CCC1C(=O)N(S(C)(=O)=O)[C@H]2CCN(C(=O)[C@@H](NC(=O)[C@@H](NC(=O)[C@H](CC(=O)O)NC(C)=O)C(C)C)C(C)C)[C@H]12. The summed E-state index contributed by atoms with van der Waals surface area (Å²) in [6.07, 6.45) is 0.893. The Morgan fingerprint density at radius 2 is 1.52 bits per heavy atom. The molecular formula is C25H41N5O9S. The largest absolute Gasteiger partial charge is 0.481 e. The highest BCUT2D eigenvalue weighted by Crippen LogP contribution is 2.39. The molecule has 40 heavy (non-hydrogen) atoms. The summed E-state index contributed by atoms with van der Waals surface area (Å²) in [7, 11) is -3.84. The monoisotopic (exact) mass is 587 g/mol. The Kier molecular flexibility index (Phi) is 10.7. The van der Waals surface area contributed by atoms with Crippen LogP contribution in [0, 0.1) is 17.8 Å². The Morgan fingerprint density at radius 1 is 0.975 bits per heavy atom. The van der Waals surface area contributed by atoms with Gasteiger partial charge in [0.25, 0.3) is 0 Å². The zero-order valence-electron chi connectivity index (χ0n) is 24.0. The van der Waals surface area contributed by atoms with Crippen LogP contribution in [0.5, 0.6) is 0 Å². The van der Waals surface area contributed by atoms with Gasteiger partial charge in [-0.3, -0.25) is 28.8 Å². The molecule has 2 aliphatic rings. The predicted octanol–water partition coefficient (Wildman–Crippen LogP) is -0.955. The smallest absolute Gasteiger partial charge is 0.305 e. The number of aliphatic carboxylic acids is 1. The zero-order valence-corrected chi connectivity index (χ0v) is 24.8. The molecule has 0 aromatic carbocycles. The van der Waals surface area contributed by atoms with Crippen molar-refractivity contribution in [3.63, 3.8) is 0 Å². The molecule has 0 spiro atoms. The number of hydrogen-bond acceptors (Lipinski definition) is 8. The predicted molar refractivity (Wildman–Crippen MR) is 143 cm³/mol. The number of nitrogens with one attached hydrogen (secondary N) is 3. The van der Waals surface area contributed by atoms with Gasteiger partial charge in [-0.25, -0.2) is 12.7 Å². The van der Waals surface area contributed by atoms with Crippen LogP contribution < -0.4 is 16.0 Å². The second-order valence-corrected chi connectivity index (χ2v) is 13.0. The van der Waals surface area contributed by atoms with Gasteiger partial charge in [-0.15, -0.1) is 0 Å². The first-order valence-corrected chi connectivity index (χ1v) is 15.2. The number of carbonyl (C=O) groups excluding carboxylic acids is 5. The Bertz CT molecular complexity index is 1120. The summed E-state index contributed by atoms with van der Waals surface area (Å²) in [6, 6.07) is -4.95. The summed E-state index contributed by atoms with van der Waals surface area (Å²) in [6.45, 7) is 9.85. The summed E-state index contributed by atoms with van der Waals surface area (Å²) in [5.74, 6) is -6.06. The number of fused-ring (bicyclic) bond motifs is 1. The molecule has 0 bridgehead atoms. The second kappa shape index (κ2) is 13.0. The molecule has 0 aromatic heterocycles. The van der Waals surface area contributed by atoms with E-state index in [0.717, 1.165) is 17.5 Å². The number of hydrogen-bond donors (Lipinski definition) is 4. The standard InChI is InChI=1S/C25H41N5O9S/c1-8-15-21-17(30(24(15)36)40(7,38)39)9-10-29(21)25(37)20(13(4)5)28-23(35)19(12(2)3)27-22(34)16(11-18(32)33)26-14(6)31/h12-13,15-17,19-21H,8-11H2,1-7H3,(H,26,31)(H,27,34)(H,28,35)(H,32,33)/t15?,16-,17-,19-,20-,21+/m0/s1. The minimum Gasteiger partial charge on any atom is -0.481 e. The van der Waals surface area contributed by atoms with Crippen LogP contribution >= 0.6 is 0 Å². The maximum atomic E-state index is 13.8. The molecule has 2 saturated heterocycles. The van der Waals surface area contributed by atoms with Gasteiger partial charge in [0.15, 0.2) is 0 Å². The second-order valence-electron chi connectivity index (χ2n) is 11.1. The molecule has 2 aliphatic heterocycles. The fraction of sp³-hybridized carbons (Fsp3) is 0.760. The maximum Gasteiger partial charge on any atom is 0.305 e. The first-order valence-electron chi connectivity index (χ1n) is 13.4. The first-order chi connectivity index (χ1) is 18.4. The average Bonchev–Trinajstić information content (AvgIpc) is 3.34. The summed E-state index contributed by atoms with van der Waals surface area (Å²) < 4.78 is 25.6. The normalized spacial score (nSPS) is 23.0.